The maximum absolute atomic E-state index is 12.5. The number of hydrogen-bond acceptors (Lipinski definition) is 3. The molecule has 1 aromatic carbocycles. The maximum Gasteiger partial charge on any atom is 0.224 e. The fourth-order valence-electron chi connectivity index (χ4n) is 4.04. The molecule has 1 aliphatic rings. The van der Waals surface area contributed by atoms with E-state index >= 15 is 0 Å². The molecule has 7 nitrogen and oxygen atoms in total. The molecule has 0 bridgehead atoms. The quantitative estimate of drug-likeness (QED) is 0.335. The summed E-state index contributed by atoms with van der Waals surface area (Å²) >= 11 is 0. The zero-order valence-electron chi connectivity index (χ0n) is 19.0. The number of amides is 1. The normalized spacial score (nSPS) is 16.6. The van der Waals surface area contributed by atoms with Crippen LogP contribution in [0, 0.1) is 13.8 Å². The summed E-state index contributed by atoms with van der Waals surface area (Å²) < 4.78 is 1.97. The van der Waals surface area contributed by atoms with Crippen LogP contribution in [0.2, 0.25) is 0 Å². The van der Waals surface area contributed by atoms with Gasteiger partial charge in [0.2, 0.25) is 5.91 Å². The Labute approximate surface area is 202 Å². The van der Waals surface area contributed by atoms with Gasteiger partial charge in [0.15, 0.2) is 5.96 Å². The predicted octanol–water partition coefficient (Wildman–Crippen LogP) is 3.56. The number of rotatable bonds is 6. The third-order valence-corrected chi connectivity index (χ3v) is 5.65. The fraction of sp³-hybridized carbons (Fsp3) is 0.522. The van der Waals surface area contributed by atoms with E-state index in [1.807, 2.05) is 28.6 Å². The third kappa shape index (κ3) is 6.69. The van der Waals surface area contributed by atoms with Crippen LogP contribution in [0.3, 0.4) is 0 Å². The molecule has 0 spiro atoms. The molecule has 0 aliphatic carbocycles. The number of carbonyl (C=O) groups is 1. The molecule has 1 aliphatic heterocycles. The molecule has 0 saturated carbocycles. The Hall–Kier alpha value is -2.10. The Morgan fingerprint density at radius 3 is 2.68 bits per heavy atom. The zero-order valence-corrected chi connectivity index (χ0v) is 21.3. The Morgan fingerprint density at radius 2 is 2.00 bits per heavy atom. The van der Waals surface area contributed by atoms with Gasteiger partial charge in [-0.2, -0.15) is 5.10 Å². The molecule has 170 valence electrons. The molecule has 1 atom stereocenters. The van der Waals surface area contributed by atoms with Crippen LogP contribution in [-0.4, -0.2) is 52.7 Å². The Kier molecular flexibility index (Phi) is 9.80. The first-order valence-corrected chi connectivity index (χ1v) is 10.8. The van der Waals surface area contributed by atoms with E-state index in [9.17, 15) is 4.79 Å². The topological polar surface area (TPSA) is 74.6 Å². The number of aromatic nitrogens is 2. The summed E-state index contributed by atoms with van der Waals surface area (Å²) in [7, 11) is 1.75. The van der Waals surface area contributed by atoms with Crippen molar-refractivity contribution in [1.29, 1.82) is 0 Å². The van der Waals surface area contributed by atoms with Crippen LogP contribution in [0.4, 0.5) is 0 Å². The standard InChI is InChI=1S/C23H34N6O.HI/c1-17-15-19(3)29(27-17)21-11-6-5-10-20(21)16-26-23(24-4)25-13-12-22(30)28-14-8-7-9-18(28)2;/h5-6,10-11,15,18H,7-9,12-14,16H2,1-4H3,(H2,24,25,26);1H. The van der Waals surface area contributed by atoms with Gasteiger partial charge in [0.1, 0.15) is 0 Å². The number of aryl methyl sites for hydroxylation is 2. The molecule has 2 aromatic rings. The van der Waals surface area contributed by atoms with E-state index in [0.717, 1.165) is 42.0 Å². The molecule has 2 heterocycles. The lowest BCUT2D eigenvalue weighted by Gasteiger charge is -2.33. The lowest BCUT2D eigenvalue weighted by Crippen LogP contribution is -2.44. The first kappa shape index (κ1) is 25.2. The van der Waals surface area contributed by atoms with Gasteiger partial charge >= 0.3 is 0 Å². The minimum atomic E-state index is 0. The molecule has 1 unspecified atom stereocenters. The molecule has 1 fully saturated rings. The van der Waals surface area contributed by atoms with E-state index in [-0.39, 0.29) is 29.9 Å². The van der Waals surface area contributed by atoms with Crippen LogP contribution in [0.15, 0.2) is 35.3 Å². The highest BCUT2D eigenvalue weighted by molar-refractivity contribution is 14.0. The number of benzene rings is 1. The number of piperidine rings is 1. The van der Waals surface area contributed by atoms with Crippen molar-refractivity contribution in [3.05, 3.63) is 47.3 Å². The van der Waals surface area contributed by atoms with Crippen molar-refractivity contribution >= 4 is 35.8 Å². The summed E-state index contributed by atoms with van der Waals surface area (Å²) in [5, 5.41) is 11.2. The second-order valence-electron chi connectivity index (χ2n) is 8.00. The average Bonchev–Trinajstić information content (AvgIpc) is 3.08. The van der Waals surface area contributed by atoms with E-state index in [1.54, 1.807) is 7.05 Å². The average molecular weight is 538 g/mol. The fourth-order valence-corrected chi connectivity index (χ4v) is 4.04. The number of para-hydroxylation sites is 1. The minimum Gasteiger partial charge on any atom is -0.356 e. The van der Waals surface area contributed by atoms with Gasteiger partial charge in [0.05, 0.1) is 11.4 Å². The first-order valence-electron chi connectivity index (χ1n) is 10.8. The van der Waals surface area contributed by atoms with Crippen molar-refractivity contribution in [3.8, 4) is 5.69 Å². The molecule has 1 aromatic heterocycles. The largest absolute Gasteiger partial charge is 0.356 e. The maximum atomic E-state index is 12.5. The van der Waals surface area contributed by atoms with E-state index in [2.05, 4.69) is 52.8 Å². The molecule has 1 amide bonds. The van der Waals surface area contributed by atoms with Gasteiger partial charge < -0.3 is 15.5 Å². The van der Waals surface area contributed by atoms with E-state index < -0.39 is 0 Å². The Morgan fingerprint density at radius 1 is 1.23 bits per heavy atom. The lowest BCUT2D eigenvalue weighted by atomic mass is 10.0. The van der Waals surface area contributed by atoms with Crippen molar-refractivity contribution < 1.29 is 4.79 Å². The van der Waals surface area contributed by atoms with Crippen molar-refractivity contribution in [1.82, 2.24) is 25.3 Å². The summed E-state index contributed by atoms with van der Waals surface area (Å²) in [5.41, 5.74) is 4.29. The van der Waals surface area contributed by atoms with E-state index in [0.29, 0.717) is 31.5 Å². The van der Waals surface area contributed by atoms with Crippen LogP contribution in [-0.2, 0) is 11.3 Å². The number of carbonyl (C=O) groups excluding carboxylic acids is 1. The molecule has 8 heteroatoms. The molecule has 0 radical (unpaired) electrons. The second kappa shape index (κ2) is 12.1. The second-order valence-corrected chi connectivity index (χ2v) is 8.00. The molecular weight excluding hydrogens is 503 g/mol. The van der Waals surface area contributed by atoms with Crippen molar-refractivity contribution in [2.45, 2.75) is 59.0 Å². The number of nitrogens with one attached hydrogen (secondary N) is 2. The van der Waals surface area contributed by atoms with Crippen LogP contribution >= 0.6 is 24.0 Å². The summed E-state index contributed by atoms with van der Waals surface area (Å²) in [6, 6.07) is 10.6. The zero-order chi connectivity index (χ0) is 21.5. The van der Waals surface area contributed by atoms with Crippen LogP contribution < -0.4 is 10.6 Å². The number of guanidine groups is 1. The van der Waals surface area contributed by atoms with E-state index in [1.165, 1.54) is 6.42 Å². The van der Waals surface area contributed by atoms with Gasteiger partial charge in [0.25, 0.3) is 0 Å². The van der Waals surface area contributed by atoms with Gasteiger partial charge in [-0.25, -0.2) is 4.68 Å². The van der Waals surface area contributed by atoms with Crippen molar-refractivity contribution in [2.75, 3.05) is 20.1 Å². The molecule has 1 saturated heterocycles. The number of likely N-dealkylation sites (tertiary alicyclic amines) is 1. The molecule has 3 rings (SSSR count). The number of nitrogens with zero attached hydrogens (tertiary/aromatic N) is 4. The number of aliphatic imine (C=N–C) groups is 1. The summed E-state index contributed by atoms with van der Waals surface area (Å²) in [5.74, 6) is 0.915. The molecule has 2 N–H and O–H groups in total. The highest BCUT2D eigenvalue weighted by Crippen LogP contribution is 2.18. The highest BCUT2D eigenvalue weighted by Gasteiger charge is 2.22. The highest BCUT2D eigenvalue weighted by atomic mass is 127. The summed E-state index contributed by atoms with van der Waals surface area (Å²) in [4.78, 5) is 18.8. The predicted molar refractivity (Wildman–Crippen MR) is 136 cm³/mol. The van der Waals surface area contributed by atoms with Gasteiger partial charge in [-0.15, -0.1) is 24.0 Å². The minimum absolute atomic E-state index is 0. The SMILES string of the molecule is CN=C(NCCC(=O)N1CCCCC1C)NCc1ccccc1-n1nc(C)cc1C.I. The van der Waals surface area contributed by atoms with Gasteiger partial charge in [-0.3, -0.25) is 9.79 Å². The third-order valence-electron chi connectivity index (χ3n) is 5.65. The summed E-state index contributed by atoms with van der Waals surface area (Å²) in [6.07, 6.45) is 3.92. The summed E-state index contributed by atoms with van der Waals surface area (Å²) in [6.45, 7) is 8.28. The Balaban J connectivity index is 0.00000341. The van der Waals surface area contributed by atoms with Gasteiger partial charge in [-0.1, -0.05) is 18.2 Å². The number of hydrogen-bond donors (Lipinski definition) is 2. The Bertz CT molecular complexity index is 894. The lowest BCUT2D eigenvalue weighted by molar-refractivity contribution is -0.134. The van der Waals surface area contributed by atoms with Crippen LogP contribution in [0.5, 0.6) is 0 Å². The first-order chi connectivity index (χ1) is 14.5. The molecular formula is C23H35IN6O. The van der Waals surface area contributed by atoms with Crippen molar-refractivity contribution in [2.24, 2.45) is 4.99 Å². The van der Waals surface area contributed by atoms with E-state index in [4.69, 9.17) is 0 Å². The van der Waals surface area contributed by atoms with Crippen LogP contribution in [0.25, 0.3) is 5.69 Å². The number of halogens is 1. The van der Waals surface area contributed by atoms with Crippen LogP contribution in [0.1, 0.15) is 49.6 Å². The smallest absolute Gasteiger partial charge is 0.224 e. The monoisotopic (exact) mass is 538 g/mol. The van der Waals surface area contributed by atoms with Gasteiger partial charge in [-0.05, 0) is 57.7 Å². The molecule has 31 heavy (non-hydrogen) atoms. The van der Waals surface area contributed by atoms with Crippen molar-refractivity contribution in [3.63, 3.8) is 0 Å². The van der Waals surface area contributed by atoms with Gasteiger partial charge in [0, 0.05) is 44.8 Å².